The van der Waals surface area contributed by atoms with E-state index in [9.17, 15) is 14.0 Å². The number of hydrogen-bond acceptors (Lipinski definition) is 3. The normalized spacial score (nSPS) is 12.3. The zero-order valence-corrected chi connectivity index (χ0v) is 10.3. The molecule has 1 aromatic carbocycles. The Balaban J connectivity index is 2.87. The van der Waals surface area contributed by atoms with E-state index in [-0.39, 0.29) is 17.9 Å². The van der Waals surface area contributed by atoms with Crippen LogP contribution in [0.3, 0.4) is 0 Å². The minimum absolute atomic E-state index is 0.0366. The predicted molar refractivity (Wildman–Crippen MR) is 66.9 cm³/mol. The first-order chi connectivity index (χ1) is 8.90. The van der Waals surface area contributed by atoms with E-state index in [1.54, 1.807) is 6.92 Å². The molecule has 0 heterocycles. The second-order valence-corrected chi connectivity index (χ2v) is 3.97. The first-order valence-electron chi connectivity index (χ1n) is 5.53. The van der Waals surface area contributed by atoms with Gasteiger partial charge in [-0.05, 0) is 24.3 Å². The van der Waals surface area contributed by atoms with Crippen molar-refractivity contribution in [2.45, 2.75) is 6.92 Å². The standard InChI is InChI=1S/C13H14FNO4/c1-8(13(15)18)7-19-11-4-3-10(14)6-9(11)2-5-12(16)17/h2-6,8H,7H2,1H3,(H2,15,18)(H,16,17)/b5-2+. The third-order valence-corrected chi connectivity index (χ3v) is 2.35. The van der Waals surface area contributed by atoms with Gasteiger partial charge in [-0.25, -0.2) is 9.18 Å². The summed E-state index contributed by atoms with van der Waals surface area (Å²) in [7, 11) is 0. The summed E-state index contributed by atoms with van der Waals surface area (Å²) >= 11 is 0. The van der Waals surface area contributed by atoms with Crippen LogP contribution in [0.25, 0.3) is 6.08 Å². The van der Waals surface area contributed by atoms with Crippen LogP contribution in [-0.2, 0) is 9.59 Å². The summed E-state index contributed by atoms with van der Waals surface area (Å²) in [6, 6.07) is 3.69. The molecule has 0 fully saturated rings. The molecular weight excluding hydrogens is 253 g/mol. The topological polar surface area (TPSA) is 89.6 Å². The number of halogens is 1. The number of hydrogen-bond donors (Lipinski definition) is 2. The monoisotopic (exact) mass is 267 g/mol. The third-order valence-electron chi connectivity index (χ3n) is 2.35. The summed E-state index contributed by atoms with van der Waals surface area (Å²) in [6.45, 7) is 1.63. The fourth-order valence-corrected chi connectivity index (χ4v) is 1.24. The van der Waals surface area contributed by atoms with Gasteiger partial charge in [0.1, 0.15) is 11.6 Å². The van der Waals surface area contributed by atoms with Gasteiger partial charge in [0.15, 0.2) is 0 Å². The van der Waals surface area contributed by atoms with Crippen LogP contribution in [0.2, 0.25) is 0 Å². The molecule has 1 rings (SSSR count). The van der Waals surface area contributed by atoms with Crippen molar-refractivity contribution in [1.82, 2.24) is 0 Å². The molecule has 0 saturated heterocycles. The predicted octanol–water partition coefficient (Wildman–Crippen LogP) is 1.42. The molecule has 0 aromatic heterocycles. The maximum absolute atomic E-state index is 13.1. The summed E-state index contributed by atoms with van der Waals surface area (Å²) in [6.07, 6.45) is 2.09. The van der Waals surface area contributed by atoms with E-state index in [0.29, 0.717) is 0 Å². The molecule has 6 heteroatoms. The van der Waals surface area contributed by atoms with Crippen molar-refractivity contribution in [2.24, 2.45) is 11.7 Å². The lowest BCUT2D eigenvalue weighted by molar-refractivity contribution is -0.131. The molecule has 0 spiro atoms. The smallest absolute Gasteiger partial charge is 0.328 e. The van der Waals surface area contributed by atoms with Crippen molar-refractivity contribution in [2.75, 3.05) is 6.61 Å². The molecule has 0 aliphatic rings. The molecule has 0 aliphatic heterocycles. The van der Waals surface area contributed by atoms with E-state index < -0.39 is 23.6 Å². The van der Waals surface area contributed by atoms with Crippen LogP contribution in [0.5, 0.6) is 5.75 Å². The van der Waals surface area contributed by atoms with Crippen molar-refractivity contribution in [3.8, 4) is 5.75 Å². The van der Waals surface area contributed by atoms with Gasteiger partial charge in [0.25, 0.3) is 0 Å². The second kappa shape index (κ2) is 6.53. The average molecular weight is 267 g/mol. The number of carbonyl (C=O) groups excluding carboxylic acids is 1. The van der Waals surface area contributed by atoms with Gasteiger partial charge in [0.05, 0.1) is 12.5 Å². The number of primary amides is 1. The van der Waals surface area contributed by atoms with Crippen LogP contribution >= 0.6 is 0 Å². The average Bonchev–Trinajstić information content (AvgIpc) is 2.34. The molecule has 1 amide bonds. The Morgan fingerprint density at radius 2 is 2.21 bits per heavy atom. The van der Waals surface area contributed by atoms with E-state index in [1.807, 2.05) is 0 Å². The molecule has 3 N–H and O–H groups in total. The number of rotatable bonds is 6. The lowest BCUT2D eigenvalue weighted by Crippen LogP contribution is -2.25. The largest absolute Gasteiger partial charge is 0.492 e. The summed E-state index contributed by atoms with van der Waals surface area (Å²) in [4.78, 5) is 21.3. The van der Waals surface area contributed by atoms with Crippen LogP contribution in [0.15, 0.2) is 24.3 Å². The molecule has 5 nitrogen and oxygen atoms in total. The van der Waals surface area contributed by atoms with Crippen molar-refractivity contribution >= 4 is 18.0 Å². The first kappa shape index (κ1) is 14.7. The fraction of sp³-hybridized carbons (Fsp3) is 0.231. The maximum Gasteiger partial charge on any atom is 0.328 e. The van der Waals surface area contributed by atoms with E-state index in [4.69, 9.17) is 15.6 Å². The van der Waals surface area contributed by atoms with Crippen molar-refractivity contribution in [3.63, 3.8) is 0 Å². The lowest BCUT2D eigenvalue weighted by Gasteiger charge is -2.12. The molecule has 1 unspecified atom stereocenters. The Hall–Kier alpha value is -2.37. The summed E-state index contributed by atoms with van der Waals surface area (Å²) in [5.41, 5.74) is 5.37. The van der Waals surface area contributed by atoms with Gasteiger partial charge in [0.2, 0.25) is 5.91 Å². The Bertz CT molecular complexity index is 513. The number of carbonyl (C=O) groups is 2. The molecule has 19 heavy (non-hydrogen) atoms. The number of amides is 1. The van der Waals surface area contributed by atoms with Crippen molar-refractivity contribution < 1.29 is 23.8 Å². The maximum atomic E-state index is 13.1. The SMILES string of the molecule is CC(COc1ccc(F)cc1/C=C/C(=O)O)C(N)=O. The summed E-state index contributed by atoms with van der Waals surface area (Å²) in [5.74, 6) is -2.39. The fourth-order valence-electron chi connectivity index (χ4n) is 1.24. The number of nitrogens with two attached hydrogens (primary N) is 1. The highest BCUT2D eigenvalue weighted by atomic mass is 19.1. The Morgan fingerprint density at radius 1 is 1.53 bits per heavy atom. The highest BCUT2D eigenvalue weighted by Crippen LogP contribution is 2.21. The molecule has 1 atom stereocenters. The Kier molecular flexibility index (Phi) is 5.05. The van der Waals surface area contributed by atoms with Crippen LogP contribution in [-0.4, -0.2) is 23.6 Å². The second-order valence-electron chi connectivity index (χ2n) is 3.97. The number of carboxylic acids is 1. The van der Waals surface area contributed by atoms with Gasteiger partial charge in [-0.15, -0.1) is 0 Å². The number of ether oxygens (including phenoxy) is 1. The van der Waals surface area contributed by atoms with Crippen LogP contribution in [0, 0.1) is 11.7 Å². The minimum atomic E-state index is -1.15. The molecule has 0 radical (unpaired) electrons. The highest BCUT2D eigenvalue weighted by molar-refractivity contribution is 5.85. The van der Waals surface area contributed by atoms with E-state index >= 15 is 0 Å². The van der Waals surface area contributed by atoms with Gasteiger partial charge in [-0.3, -0.25) is 4.79 Å². The number of aliphatic carboxylic acids is 1. The summed E-state index contributed by atoms with van der Waals surface area (Å²) in [5, 5.41) is 8.54. The van der Waals surface area contributed by atoms with Crippen LogP contribution in [0.4, 0.5) is 4.39 Å². The highest BCUT2D eigenvalue weighted by Gasteiger charge is 2.11. The third kappa shape index (κ3) is 4.79. The van der Waals surface area contributed by atoms with Gasteiger partial charge in [0, 0.05) is 11.6 Å². The lowest BCUT2D eigenvalue weighted by atomic mass is 10.1. The minimum Gasteiger partial charge on any atom is -0.492 e. The van der Waals surface area contributed by atoms with Gasteiger partial charge in [-0.1, -0.05) is 6.92 Å². The van der Waals surface area contributed by atoms with Gasteiger partial charge >= 0.3 is 5.97 Å². The van der Waals surface area contributed by atoms with Crippen LogP contribution < -0.4 is 10.5 Å². The van der Waals surface area contributed by atoms with Gasteiger partial charge in [-0.2, -0.15) is 0 Å². The quantitative estimate of drug-likeness (QED) is 0.763. The van der Waals surface area contributed by atoms with Crippen molar-refractivity contribution in [1.29, 1.82) is 0 Å². The van der Waals surface area contributed by atoms with Crippen LogP contribution in [0.1, 0.15) is 12.5 Å². The zero-order valence-electron chi connectivity index (χ0n) is 10.3. The zero-order chi connectivity index (χ0) is 14.4. The Labute approximate surface area is 109 Å². The molecule has 1 aromatic rings. The Morgan fingerprint density at radius 3 is 2.79 bits per heavy atom. The number of carboxylic acid groups (broad SMARTS) is 1. The molecule has 0 bridgehead atoms. The first-order valence-corrected chi connectivity index (χ1v) is 5.53. The van der Waals surface area contributed by atoms with Gasteiger partial charge < -0.3 is 15.6 Å². The molecule has 0 saturated carbocycles. The van der Waals surface area contributed by atoms with E-state index in [2.05, 4.69) is 0 Å². The molecular formula is C13H14FNO4. The molecule has 102 valence electrons. The molecule has 0 aliphatic carbocycles. The summed E-state index contributed by atoms with van der Waals surface area (Å²) < 4.78 is 18.4. The van der Waals surface area contributed by atoms with E-state index in [0.717, 1.165) is 12.1 Å². The number of benzene rings is 1. The van der Waals surface area contributed by atoms with E-state index in [1.165, 1.54) is 18.2 Å². The van der Waals surface area contributed by atoms with Crippen molar-refractivity contribution in [3.05, 3.63) is 35.7 Å².